The second-order valence-corrected chi connectivity index (χ2v) is 5.17. The molecular formula is C17H17N3O. The highest BCUT2D eigenvalue weighted by Gasteiger charge is 2.19. The lowest BCUT2D eigenvalue weighted by Crippen LogP contribution is -2.29. The van der Waals surface area contributed by atoms with Gasteiger partial charge in [-0.05, 0) is 24.6 Å². The van der Waals surface area contributed by atoms with Crippen LogP contribution in [0.5, 0.6) is 0 Å². The van der Waals surface area contributed by atoms with Gasteiger partial charge in [-0.15, -0.1) is 0 Å². The number of hydrogen-bond acceptors (Lipinski definition) is 2. The summed E-state index contributed by atoms with van der Waals surface area (Å²) in [6, 6.07) is 15.6. The van der Waals surface area contributed by atoms with Gasteiger partial charge in [-0.1, -0.05) is 36.4 Å². The van der Waals surface area contributed by atoms with Crippen LogP contribution in [-0.2, 0) is 0 Å². The number of benzene rings is 2. The van der Waals surface area contributed by atoms with Crippen LogP contribution in [0.25, 0.3) is 10.9 Å². The minimum Gasteiger partial charge on any atom is -0.335 e. The van der Waals surface area contributed by atoms with E-state index in [9.17, 15) is 4.79 Å². The maximum Gasteiger partial charge on any atom is 0.254 e. The average molecular weight is 279 g/mol. The second kappa shape index (κ2) is 5.40. The molecule has 1 unspecified atom stereocenters. The van der Waals surface area contributed by atoms with Crippen LogP contribution in [0.15, 0.2) is 54.7 Å². The Morgan fingerprint density at radius 3 is 2.71 bits per heavy atom. The quantitative estimate of drug-likeness (QED) is 0.799. The van der Waals surface area contributed by atoms with Crippen LogP contribution in [0.4, 0.5) is 0 Å². The number of aromatic nitrogens is 2. The molecule has 0 aliphatic carbocycles. The summed E-state index contributed by atoms with van der Waals surface area (Å²) in [5.74, 6) is 0.00264. The smallest absolute Gasteiger partial charge is 0.254 e. The normalized spacial score (nSPS) is 12.3. The molecule has 1 heterocycles. The van der Waals surface area contributed by atoms with Crippen molar-refractivity contribution in [2.45, 2.75) is 13.0 Å². The monoisotopic (exact) mass is 279 g/mol. The summed E-state index contributed by atoms with van der Waals surface area (Å²) < 4.78 is 0. The molecule has 4 heteroatoms. The van der Waals surface area contributed by atoms with Crippen molar-refractivity contribution >= 4 is 16.8 Å². The SMILES string of the molecule is CC(c1ccccc1)N(C)C(=O)c1ccc2cn[nH]c2c1. The molecule has 21 heavy (non-hydrogen) atoms. The second-order valence-electron chi connectivity index (χ2n) is 5.17. The van der Waals surface area contributed by atoms with Crippen molar-refractivity contribution in [1.82, 2.24) is 15.1 Å². The first-order valence-electron chi connectivity index (χ1n) is 6.92. The van der Waals surface area contributed by atoms with Crippen molar-refractivity contribution in [1.29, 1.82) is 0 Å². The first-order valence-corrected chi connectivity index (χ1v) is 6.92. The Morgan fingerprint density at radius 2 is 1.95 bits per heavy atom. The number of H-pyrrole nitrogens is 1. The van der Waals surface area contributed by atoms with Gasteiger partial charge in [0.1, 0.15) is 0 Å². The van der Waals surface area contributed by atoms with E-state index in [4.69, 9.17) is 0 Å². The lowest BCUT2D eigenvalue weighted by atomic mass is 10.1. The fourth-order valence-electron chi connectivity index (χ4n) is 2.40. The van der Waals surface area contributed by atoms with Crippen LogP contribution in [0, 0.1) is 0 Å². The van der Waals surface area contributed by atoms with Crippen molar-refractivity contribution in [3.63, 3.8) is 0 Å². The van der Waals surface area contributed by atoms with Gasteiger partial charge in [0, 0.05) is 18.0 Å². The third-order valence-electron chi connectivity index (χ3n) is 3.87. The van der Waals surface area contributed by atoms with E-state index in [-0.39, 0.29) is 11.9 Å². The number of hydrogen-bond donors (Lipinski definition) is 1. The minimum absolute atomic E-state index is 0.00264. The minimum atomic E-state index is 0.00264. The standard InChI is InChI=1S/C17H17N3O/c1-12(13-6-4-3-5-7-13)20(2)17(21)14-8-9-15-11-18-19-16(15)10-14/h3-12H,1-2H3,(H,18,19). The number of fused-ring (bicyclic) bond motifs is 1. The molecule has 1 atom stereocenters. The van der Waals surface area contributed by atoms with Crippen LogP contribution >= 0.6 is 0 Å². The van der Waals surface area contributed by atoms with E-state index in [0.29, 0.717) is 5.56 Å². The third-order valence-corrected chi connectivity index (χ3v) is 3.87. The maximum absolute atomic E-state index is 12.6. The summed E-state index contributed by atoms with van der Waals surface area (Å²) in [5, 5.41) is 7.88. The molecule has 2 aromatic carbocycles. The Labute approximate surface area is 123 Å². The van der Waals surface area contributed by atoms with Gasteiger partial charge in [0.25, 0.3) is 5.91 Å². The molecule has 0 saturated carbocycles. The van der Waals surface area contributed by atoms with Crippen LogP contribution < -0.4 is 0 Å². The Hall–Kier alpha value is -2.62. The topological polar surface area (TPSA) is 49.0 Å². The highest BCUT2D eigenvalue weighted by Crippen LogP contribution is 2.21. The molecule has 0 saturated heterocycles. The summed E-state index contributed by atoms with van der Waals surface area (Å²) in [6.07, 6.45) is 1.75. The van der Waals surface area contributed by atoms with Crippen molar-refractivity contribution in [2.24, 2.45) is 0 Å². The molecule has 3 aromatic rings. The molecule has 3 rings (SSSR count). The number of amides is 1. The predicted molar refractivity (Wildman–Crippen MR) is 83.0 cm³/mol. The van der Waals surface area contributed by atoms with Crippen molar-refractivity contribution in [2.75, 3.05) is 7.05 Å². The molecule has 4 nitrogen and oxygen atoms in total. The molecule has 0 radical (unpaired) electrons. The van der Waals surface area contributed by atoms with E-state index in [2.05, 4.69) is 10.2 Å². The summed E-state index contributed by atoms with van der Waals surface area (Å²) >= 11 is 0. The van der Waals surface area contributed by atoms with E-state index in [1.807, 2.05) is 62.5 Å². The van der Waals surface area contributed by atoms with E-state index >= 15 is 0 Å². The van der Waals surface area contributed by atoms with Crippen LogP contribution in [0.3, 0.4) is 0 Å². The van der Waals surface area contributed by atoms with Gasteiger partial charge in [-0.2, -0.15) is 5.10 Å². The van der Waals surface area contributed by atoms with Gasteiger partial charge in [-0.3, -0.25) is 9.89 Å². The predicted octanol–water partition coefficient (Wildman–Crippen LogP) is 3.40. The van der Waals surface area contributed by atoms with E-state index in [0.717, 1.165) is 16.5 Å². The molecule has 1 aromatic heterocycles. The number of carbonyl (C=O) groups is 1. The Kier molecular flexibility index (Phi) is 3.44. The third kappa shape index (κ3) is 2.52. The fraction of sp³-hybridized carbons (Fsp3) is 0.176. The van der Waals surface area contributed by atoms with E-state index < -0.39 is 0 Å². The Morgan fingerprint density at radius 1 is 1.19 bits per heavy atom. The van der Waals surface area contributed by atoms with Gasteiger partial charge in [-0.25, -0.2) is 0 Å². The average Bonchev–Trinajstić information content (AvgIpc) is 3.01. The molecule has 0 bridgehead atoms. The van der Waals surface area contributed by atoms with Gasteiger partial charge in [0.15, 0.2) is 0 Å². The number of nitrogens with zero attached hydrogens (tertiary/aromatic N) is 2. The summed E-state index contributed by atoms with van der Waals surface area (Å²) in [5.41, 5.74) is 2.66. The zero-order valence-electron chi connectivity index (χ0n) is 12.1. The highest BCUT2D eigenvalue weighted by molar-refractivity contribution is 5.97. The molecular weight excluding hydrogens is 262 g/mol. The molecule has 1 amide bonds. The lowest BCUT2D eigenvalue weighted by molar-refractivity contribution is 0.0743. The van der Waals surface area contributed by atoms with Gasteiger partial charge in [0.05, 0.1) is 17.8 Å². The van der Waals surface area contributed by atoms with Gasteiger partial charge in [0.2, 0.25) is 0 Å². The number of rotatable bonds is 3. The van der Waals surface area contributed by atoms with Crippen molar-refractivity contribution in [3.8, 4) is 0 Å². The van der Waals surface area contributed by atoms with E-state index in [1.165, 1.54) is 0 Å². The summed E-state index contributed by atoms with van der Waals surface area (Å²) in [7, 11) is 1.83. The number of carbonyl (C=O) groups excluding carboxylic acids is 1. The van der Waals surface area contributed by atoms with Crippen LogP contribution in [0.2, 0.25) is 0 Å². The molecule has 1 N–H and O–H groups in total. The largest absolute Gasteiger partial charge is 0.335 e. The van der Waals surface area contributed by atoms with Crippen LogP contribution in [0.1, 0.15) is 28.9 Å². The summed E-state index contributed by atoms with van der Waals surface area (Å²) in [4.78, 5) is 14.4. The molecule has 0 fully saturated rings. The Balaban J connectivity index is 1.86. The van der Waals surface area contributed by atoms with Gasteiger partial charge >= 0.3 is 0 Å². The van der Waals surface area contributed by atoms with Crippen molar-refractivity contribution < 1.29 is 4.79 Å². The Bertz CT molecular complexity index is 764. The van der Waals surface area contributed by atoms with E-state index in [1.54, 1.807) is 11.1 Å². The lowest BCUT2D eigenvalue weighted by Gasteiger charge is -2.25. The van der Waals surface area contributed by atoms with Crippen LogP contribution in [-0.4, -0.2) is 28.1 Å². The zero-order valence-corrected chi connectivity index (χ0v) is 12.1. The number of aromatic amines is 1. The molecule has 0 aliphatic rings. The van der Waals surface area contributed by atoms with Crippen molar-refractivity contribution in [3.05, 3.63) is 65.9 Å². The first kappa shape index (κ1) is 13.4. The number of nitrogens with one attached hydrogen (secondary N) is 1. The highest BCUT2D eigenvalue weighted by atomic mass is 16.2. The first-order chi connectivity index (χ1) is 10.2. The maximum atomic E-state index is 12.6. The van der Waals surface area contributed by atoms with Gasteiger partial charge < -0.3 is 4.90 Å². The molecule has 106 valence electrons. The molecule has 0 spiro atoms. The zero-order chi connectivity index (χ0) is 14.8. The fourth-order valence-corrected chi connectivity index (χ4v) is 2.40. The molecule has 0 aliphatic heterocycles. The summed E-state index contributed by atoms with van der Waals surface area (Å²) in [6.45, 7) is 2.03.